The normalized spacial score (nSPS) is 16.0. The number of hydrogen-bond acceptors (Lipinski definition) is 7. The first-order valence-corrected chi connectivity index (χ1v) is 10.9. The van der Waals surface area contributed by atoms with E-state index < -0.39 is 5.97 Å². The highest BCUT2D eigenvalue weighted by Gasteiger charge is 2.28. The minimum atomic E-state index is -1.25. The van der Waals surface area contributed by atoms with Crippen molar-refractivity contribution in [2.45, 2.75) is 26.2 Å². The summed E-state index contributed by atoms with van der Waals surface area (Å²) >= 11 is 13.8. The molecule has 0 spiro atoms. The van der Waals surface area contributed by atoms with Crippen LogP contribution in [0.5, 0.6) is 0 Å². The fourth-order valence-electron chi connectivity index (χ4n) is 3.54. The second-order valence-electron chi connectivity index (χ2n) is 7.09. The van der Waals surface area contributed by atoms with Gasteiger partial charge in [-0.1, -0.05) is 30.1 Å². The van der Waals surface area contributed by atoms with Crippen LogP contribution in [0.25, 0.3) is 11.3 Å². The molecule has 1 aromatic heterocycles. The molecule has 2 aromatic rings. The number of allylic oxidation sites excluding steroid dienone is 2. The van der Waals surface area contributed by atoms with Gasteiger partial charge in [0.25, 0.3) is 0 Å². The van der Waals surface area contributed by atoms with Gasteiger partial charge in [-0.15, -0.1) is 11.3 Å². The Labute approximate surface area is 193 Å². The highest BCUT2D eigenvalue weighted by atomic mass is 35.5. The third-order valence-corrected chi connectivity index (χ3v) is 6.60. The number of hydrogen-bond donors (Lipinski definition) is 5. The number of carbonyl (C=O) groups is 1. The molecule has 1 aromatic carbocycles. The number of rotatable bonds is 7. The van der Waals surface area contributed by atoms with Crippen LogP contribution < -0.4 is 10.6 Å². The summed E-state index contributed by atoms with van der Waals surface area (Å²) in [7, 11) is 1.64. The molecule has 162 valence electrons. The van der Waals surface area contributed by atoms with Gasteiger partial charge < -0.3 is 26.6 Å². The van der Waals surface area contributed by atoms with Crippen LogP contribution in [-0.2, 0) is 11.2 Å². The zero-order chi connectivity index (χ0) is 22.9. The molecule has 0 amide bonds. The van der Waals surface area contributed by atoms with Gasteiger partial charge in [-0.3, -0.25) is 0 Å². The van der Waals surface area contributed by atoms with E-state index in [1.165, 1.54) is 24.5 Å². The predicted molar refractivity (Wildman–Crippen MR) is 127 cm³/mol. The van der Waals surface area contributed by atoms with E-state index in [1.54, 1.807) is 13.1 Å². The van der Waals surface area contributed by atoms with Crippen molar-refractivity contribution in [2.24, 2.45) is 0 Å². The van der Waals surface area contributed by atoms with Crippen LogP contribution in [0.1, 0.15) is 30.2 Å². The van der Waals surface area contributed by atoms with Crippen LogP contribution in [-0.4, -0.2) is 35.0 Å². The third kappa shape index (κ3) is 4.51. The molecule has 0 saturated heterocycles. The molecule has 3 rings (SSSR count). The van der Waals surface area contributed by atoms with E-state index in [0.717, 1.165) is 34.3 Å². The zero-order valence-electron chi connectivity index (χ0n) is 17.1. The van der Waals surface area contributed by atoms with Gasteiger partial charge in [0, 0.05) is 46.8 Å². The molecule has 7 nitrogen and oxygen atoms in total. The molecular weight excluding hydrogens is 457 g/mol. The van der Waals surface area contributed by atoms with Gasteiger partial charge in [0.05, 0.1) is 15.7 Å². The fraction of sp³-hybridized carbons (Fsp3) is 0.238. The van der Waals surface area contributed by atoms with Crippen molar-refractivity contribution in [3.8, 4) is 11.3 Å². The van der Waals surface area contributed by atoms with E-state index >= 15 is 0 Å². The molecule has 0 saturated carbocycles. The zero-order valence-corrected chi connectivity index (χ0v) is 19.4. The van der Waals surface area contributed by atoms with Crippen LogP contribution in [0, 0.1) is 10.8 Å². The Balaban J connectivity index is 2.12. The van der Waals surface area contributed by atoms with Crippen LogP contribution in [0.2, 0.25) is 10.0 Å². The van der Waals surface area contributed by atoms with Crippen molar-refractivity contribution >= 4 is 57.6 Å². The SMILES string of the molecule is CN/C=C(C=N)/C(C(C)=N)=C(/Nc1nc2c(s1)CC(C)c1cc(Cl)c(Cl)cc1-2)C(=O)O. The number of thiazole rings is 1. The highest BCUT2D eigenvalue weighted by molar-refractivity contribution is 7.16. The smallest absolute Gasteiger partial charge is 0.353 e. The molecule has 1 aliphatic carbocycles. The summed E-state index contributed by atoms with van der Waals surface area (Å²) in [6, 6.07) is 3.65. The summed E-state index contributed by atoms with van der Waals surface area (Å²) in [4.78, 5) is 17.7. The van der Waals surface area contributed by atoms with E-state index in [1.807, 2.05) is 6.07 Å². The Hall–Kier alpha value is -2.68. The number of carboxylic acids is 1. The lowest BCUT2D eigenvalue weighted by Crippen LogP contribution is -2.19. The number of nitrogens with zero attached hydrogens (tertiary/aromatic N) is 1. The fourth-order valence-corrected chi connectivity index (χ4v) is 4.98. The van der Waals surface area contributed by atoms with Gasteiger partial charge in [0.15, 0.2) is 5.13 Å². The predicted octanol–water partition coefficient (Wildman–Crippen LogP) is 5.32. The maximum absolute atomic E-state index is 12.1. The van der Waals surface area contributed by atoms with Gasteiger partial charge in [-0.05, 0) is 37.0 Å². The van der Waals surface area contributed by atoms with Crippen molar-refractivity contribution < 1.29 is 9.90 Å². The van der Waals surface area contributed by atoms with Gasteiger partial charge in [0.2, 0.25) is 0 Å². The topological polar surface area (TPSA) is 122 Å². The summed E-state index contributed by atoms with van der Waals surface area (Å²) in [6.07, 6.45) is 3.22. The standard InChI is InChI=1S/C21H21Cl2N5O2S/c1-9-4-16-18(13-6-15(23)14(22)5-12(9)13)27-21(31-16)28-19(20(29)30)17(10(2)25)11(7-24)8-26-3/h5-9,24-26H,4H2,1-3H3,(H,27,28)(H,29,30)/b11-8+,19-17+,24-7?,25-10?. The Morgan fingerprint density at radius 2 is 2.03 bits per heavy atom. The van der Waals surface area contributed by atoms with Crippen molar-refractivity contribution in [1.29, 1.82) is 10.8 Å². The number of benzene rings is 1. The van der Waals surface area contributed by atoms with Crippen molar-refractivity contribution in [3.63, 3.8) is 0 Å². The minimum Gasteiger partial charge on any atom is -0.477 e. The Morgan fingerprint density at radius 1 is 1.35 bits per heavy atom. The summed E-state index contributed by atoms with van der Waals surface area (Å²) in [6.45, 7) is 3.57. The maximum Gasteiger partial charge on any atom is 0.353 e. The molecule has 0 aliphatic heterocycles. The molecule has 1 unspecified atom stereocenters. The van der Waals surface area contributed by atoms with Crippen molar-refractivity contribution in [1.82, 2.24) is 10.3 Å². The van der Waals surface area contributed by atoms with E-state index in [9.17, 15) is 9.90 Å². The Kier molecular flexibility index (Phi) is 6.83. The minimum absolute atomic E-state index is 0.0108. The van der Waals surface area contributed by atoms with Crippen LogP contribution in [0.4, 0.5) is 5.13 Å². The molecule has 1 aliphatic rings. The van der Waals surface area contributed by atoms with Crippen molar-refractivity contribution in [2.75, 3.05) is 12.4 Å². The molecule has 31 heavy (non-hydrogen) atoms. The highest BCUT2D eigenvalue weighted by Crippen LogP contribution is 2.45. The Bertz CT molecular complexity index is 1150. The quantitative estimate of drug-likeness (QED) is 0.210. The van der Waals surface area contributed by atoms with Crippen molar-refractivity contribution in [3.05, 3.63) is 55.7 Å². The van der Waals surface area contributed by atoms with Crippen LogP contribution in [0.15, 0.2) is 35.2 Å². The average molecular weight is 478 g/mol. The van der Waals surface area contributed by atoms with Crippen LogP contribution >= 0.6 is 34.5 Å². The lowest BCUT2D eigenvalue weighted by Gasteiger charge is -2.22. The van der Waals surface area contributed by atoms with E-state index in [-0.39, 0.29) is 28.5 Å². The monoisotopic (exact) mass is 477 g/mol. The van der Waals surface area contributed by atoms with Gasteiger partial charge >= 0.3 is 5.97 Å². The summed E-state index contributed by atoms with van der Waals surface area (Å²) in [5.41, 5.74) is 2.84. The van der Waals surface area contributed by atoms with Gasteiger partial charge in [0.1, 0.15) is 5.70 Å². The molecule has 10 heteroatoms. The molecule has 0 radical (unpaired) electrons. The number of anilines is 1. The maximum atomic E-state index is 12.1. The second-order valence-corrected chi connectivity index (χ2v) is 8.99. The average Bonchev–Trinajstić information content (AvgIpc) is 3.10. The Morgan fingerprint density at radius 3 is 2.61 bits per heavy atom. The largest absolute Gasteiger partial charge is 0.477 e. The van der Waals surface area contributed by atoms with Gasteiger partial charge in [-0.2, -0.15) is 0 Å². The summed E-state index contributed by atoms with van der Waals surface area (Å²) < 4.78 is 0. The number of halogens is 2. The number of carboxylic acid groups (broad SMARTS) is 1. The molecule has 0 bridgehead atoms. The lowest BCUT2D eigenvalue weighted by molar-refractivity contribution is -0.132. The third-order valence-electron chi connectivity index (χ3n) is 4.88. The van der Waals surface area contributed by atoms with E-state index in [2.05, 4.69) is 22.5 Å². The molecule has 1 atom stereocenters. The number of fused-ring (bicyclic) bond motifs is 3. The van der Waals surface area contributed by atoms with E-state index in [4.69, 9.17) is 34.0 Å². The summed E-state index contributed by atoms with van der Waals surface area (Å²) in [5.74, 6) is -1.04. The molecular formula is C21H21Cl2N5O2S. The number of aromatic nitrogens is 1. The second kappa shape index (κ2) is 9.21. The first-order valence-electron chi connectivity index (χ1n) is 9.35. The lowest BCUT2D eigenvalue weighted by atomic mass is 9.85. The summed E-state index contributed by atoms with van der Waals surface area (Å²) in [5, 5.41) is 32.5. The van der Waals surface area contributed by atoms with Gasteiger partial charge in [-0.25, -0.2) is 9.78 Å². The molecule has 1 heterocycles. The number of aliphatic carboxylic acids is 1. The molecule has 0 fully saturated rings. The molecule has 5 N–H and O–H groups in total. The number of nitrogens with one attached hydrogen (secondary N) is 4. The van der Waals surface area contributed by atoms with Crippen LogP contribution in [0.3, 0.4) is 0 Å². The first-order chi connectivity index (χ1) is 14.7. The van der Waals surface area contributed by atoms with E-state index in [0.29, 0.717) is 15.2 Å². The first kappa shape index (κ1) is 23.0.